The molecule has 0 bridgehead atoms. The van der Waals surface area contributed by atoms with Gasteiger partial charge in [0.15, 0.2) is 0 Å². The number of carbonyl (C=O) groups excluding carboxylic acids is 1. The summed E-state index contributed by atoms with van der Waals surface area (Å²) in [5, 5.41) is 9.07. The first-order chi connectivity index (χ1) is 6.59. The summed E-state index contributed by atoms with van der Waals surface area (Å²) in [6, 6.07) is 0. The molecular formula is C11H21NO2. The molecule has 1 aliphatic heterocycles. The molecule has 1 heterocycles. The lowest BCUT2D eigenvalue weighted by atomic mass is 9.99. The molecule has 82 valence electrons. The van der Waals surface area contributed by atoms with Gasteiger partial charge in [-0.3, -0.25) is 4.79 Å². The van der Waals surface area contributed by atoms with E-state index in [-0.39, 0.29) is 12.0 Å². The van der Waals surface area contributed by atoms with Gasteiger partial charge in [-0.2, -0.15) is 0 Å². The van der Waals surface area contributed by atoms with Gasteiger partial charge in [0, 0.05) is 19.5 Å². The molecule has 1 unspecified atom stereocenters. The van der Waals surface area contributed by atoms with Crippen LogP contribution in [0.1, 0.15) is 39.5 Å². The van der Waals surface area contributed by atoms with Crippen LogP contribution in [0.2, 0.25) is 0 Å². The van der Waals surface area contributed by atoms with Gasteiger partial charge in [-0.1, -0.05) is 6.92 Å². The Morgan fingerprint density at radius 3 is 2.57 bits per heavy atom. The molecule has 1 N–H and O–H groups in total. The average Bonchev–Trinajstić information content (AvgIpc) is 2.15. The summed E-state index contributed by atoms with van der Waals surface area (Å²) in [5.74, 6) is 0.966. The molecule has 1 aliphatic rings. The maximum absolute atomic E-state index is 11.6. The van der Waals surface area contributed by atoms with Crippen LogP contribution in [0.25, 0.3) is 0 Å². The van der Waals surface area contributed by atoms with Crippen molar-refractivity contribution in [2.75, 3.05) is 13.1 Å². The summed E-state index contributed by atoms with van der Waals surface area (Å²) in [6.45, 7) is 5.77. The Morgan fingerprint density at radius 2 is 2.07 bits per heavy atom. The average molecular weight is 199 g/mol. The summed E-state index contributed by atoms with van der Waals surface area (Å²) in [4.78, 5) is 13.6. The number of hydrogen-bond acceptors (Lipinski definition) is 2. The summed E-state index contributed by atoms with van der Waals surface area (Å²) < 4.78 is 0. The first-order valence-electron chi connectivity index (χ1n) is 5.55. The van der Waals surface area contributed by atoms with Crippen molar-refractivity contribution in [3.8, 4) is 0 Å². The summed E-state index contributed by atoms with van der Waals surface area (Å²) in [7, 11) is 0. The maximum atomic E-state index is 11.6. The van der Waals surface area contributed by atoms with Gasteiger partial charge in [-0.25, -0.2) is 0 Å². The van der Waals surface area contributed by atoms with Gasteiger partial charge in [0.05, 0.1) is 6.10 Å². The number of aliphatic hydroxyl groups is 1. The molecule has 1 fully saturated rings. The minimum atomic E-state index is -0.359. The molecule has 0 aromatic carbocycles. The van der Waals surface area contributed by atoms with Gasteiger partial charge in [0.1, 0.15) is 0 Å². The first-order valence-corrected chi connectivity index (χ1v) is 5.55. The quantitative estimate of drug-likeness (QED) is 0.746. The standard InChI is InChI=1S/C11H21NO2/c1-9-5-7-12(8-6-9)11(14)4-3-10(2)13/h9-10,13H,3-8H2,1-2H3. The number of hydrogen-bond donors (Lipinski definition) is 1. The number of amides is 1. The van der Waals surface area contributed by atoms with Crippen molar-refractivity contribution in [2.45, 2.75) is 45.6 Å². The van der Waals surface area contributed by atoms with Gasteiger partial charge >= 0.3 is 0 Å². The molecule has 3 heteroatoms. The molecule has 0 saturated carbocycles. The van der Waals surface area contributed by atoms with Crippen LogP contribution in [0.4, 0.5) is 0 Å². The van der Waals surface area contributed by atoms with E-state index in [1.807, 2.05) is 4.90 Å². The predicted molar refractivity (Wildman–Crippen MR) is 55.9 cm³/mol. The van der Waals surface area contributed by atoms with Crippen LogP contribution in [0, 0.1) is 5.92 Å². The second-order valence-electron chi connectivity index (χ2n) is 4.45. The van der Waals surface area contributed by atoms with E-state index < -0.39 is 0 Å². The SMILES string of the molecule is CC(O)CCC(=O)N1CCC(C)CC1. The van der Waals surface area contributed by atoms with Crippen molar-refractivity contribution in [1.82, 2.24) is 4.90 Å². The number of rotatable bonds is 3. The van der Waals surface area contributed by atoms with Gasteiger partial charge < -0.3 is 10.0 Å². The van der Waals surface area contributed by atoms with Crippen molar-refractivity contribution in [3.63, 3.8) is 0 Å². The number of carbonyl (C=O) groups is 1. The summed E-state index contributed by atoms with van der Waals surface area (Å²) >= 11 is 0. The third-order valence-electron chi connectivity index (χ3n) is 2.91. The van der Waals surface area contributed by atoms with Gasteiger partial charge in [0.2, 0.25) is 5.91 Å². The van der Waals surface area contributed by atoms with E-state index in [2.05, 4.69) is 6.92 Å². The normalized spacial score (nSPS) is 20.9. The molecule has 0 radical (unpaired) electrons. The highest BCUT2D eigenvalue weighted by Crippen LogP contribution is 2.17. The molecule has 3 nitrogen and oxygen atoms in total. The topological polar surface area (TPSA) is 40.5 Å². The highest BCUT2D eigenvalue weighted by atomic mass is 16.3. The Balaban J connectivity index is 2.24. The molecule has 1 atom stereocenters. The van der Waals surface area contributed by atoms with Crippen LogP contribution < -0.4 is 0 Å². The largest absolute Gasteiger partial charge is 0.393 e. The molecule has 1 amide bonds. The number of likely N-dealkylation sites (tertiary alicyclic amines) is 1. The zero-order valence-corrected chi connectivity index (χ0v) is 9.20. The molecule has 14 heavy (non-hydrogen) atoms. The van der Waals surface area contributed by atoms with Gasteiger partial charge in [0.25, 0.3) is 0 Å². The lowest BCUT2D eigenvalue weighted by Crippen LogP contribution is -2.38. The van der Waals surface area contributed by atoms with E-state index in [1.54, 1.807) is 6.92 Å². The lowest BCUT2D eigenvalue weighted by molar-refractivity contribution is -0.133. The number of piperidine rings is 1. The van der Waals surface area contributed by atoms with E-state index in [1.165, 1.54) is 0 Å². The minimum Gasteiger partial charge on any atom is -0.393 e. The summed E-state index contributed by atoms with van der Waals surface area (Å²) in [5.41, 5.74) is 0. The highest BCUT2D eigenvalue weighted by Gasteiger charge is 2.19. The Hall–Kier alpha value is -0.570. The number of aliphatic hydroxyl groups excluding tert-OH is 1. The highest BCUT2D eigenvalue weighted by molar-refractivity contribution is 5.76. The van der Waals surface area contributed by atoms with Crippen LogP contribution in [0.5, 0.6) is 0 Å². The van der Waals surface area contributed by atoms with Crippen molar-refractivity contribution < 1.29 is 9.90 Å². The van der Waals surface area contributed by atoms with Gasteiger partial charge in [-0.15, -0.1) is 0 Å². The lowest BCUT2D eigenvalue weighted by Gasteiger charge is -2.30. The Bertz CT molecular complexity index is 184. The van der Waals surface area contributed by atoms with Crippen LogP contribution >= 0.6 is 0 Å². The monoisotopic (exact) mass is 199 g/mol. The minimum absolute atomic E-state index is 0.206. The van der Waals surface area contributed by atoms with Crippen molar-refractivity contribution >= 4 is 5.91 Å². The van der Waals surface area contributed by atoms with E-state index in [0.29, 0.717) is 12.8 Å². The second-order valence-corrected chi connectivity index (χ2v) is 4.45. The third kappa shape index (κ3) is 3.66. The zero-order chi connectivity index (χ0) is 10.6. The van der Waals surface area contributed by atoms with Crippen molar-refractivity contribution in [1.29, 1.82) is 0 Å². The molecule has 0 aliphatic carbocycles. The molecule has 0 spiro atoms. The van der Waals surface area contributed by atoms with Crippen LogP contribution in [0.15, 0.2) is 0 Å². The predicted octanol–water partition coefficient (Wildman–Crippen LogP) is 1.41. The Kier molecular flexibility index (Phi) is 4.39. The van der Waals surface area contributed by atoms with Crippen LogP contribution in [0.3, 0.4) is 0 Å². The fourth-order valence-corrected chi connectivity index (χ4v) is 1.75. The number of nitrogens with zero attached hydrogens (tertiary/aromatic N) is 1. The first kappa shape index (κ1) is 11.5. The molecular weight excluding hydrogens is 178 g/mol. The molecule has 0 aromatic heterocycles. The molecule has 0 aromatic rings. The Morgan fingerprint density at radius 1 is 1.50 bits per heavy atom. The fourth-order valence-electron chi connectivity index (χ4n) is 1.75. The second kappa shape index (κ2) is 5.35. The zero-order valence-electron chi connectivity index (χ0n) is 9.20. The summed E-state index contributed by atoms with van der Waals surface area (Å²) in [6.07, 6.45) is 2.97. The van der Waals surface area contributed by atoms with Crippen LogP contribution in [-0.2, 0) is 4.79 Å². The molecule has 1 rings (SSSR count). The van der Waals surface area contributed by atoms with Crippen LogP contribution in [-0.4, -0.2) is 35.1 Å². The maximum Gasteiger partial charge on any atom is 0.222 e. The van der Waals surface area contributed by atoms with E-state index in [9.17, 15) is 4.79 Å². The van der Waals surface area contributed by atoms with Gasteiger partial charge in [-0.05, 0) is 32.1 Å². The van der Waals surface area contributed by atoms with E-state index in [4.69, 9.17) is 5.11 Å². The van der Waals surface area contributed by atoms with Crippen molar-refractivity contribution in [2.24, 2.45) is 5.92 Å². The van der Waals surface area contributed by atoms with E-state index >= 15 is 0 Å². The van der Waals surface area contributed by atoms with E-state index in [0.717, 1.165) is 31.8 Å². The molecule has 1 saturated heterocycles. The smallest absolute Gasteiger partial charge is 0.222 e. The third-order valence-corrected chi connectivity index (χ3v) is 2.91. The van der Waals surface area contributed by atoms with Crippen molar-refractivity contribution in [3.05, 3.63) is 0 Å². The Labute approximate surface area is 86.1 Å². The fraction of sp³-hybridized carbons (Fsp3) is 0.909.